The zero-order valence-corrected chi connectivity index (χ0v) is 13.8. The summed E-state index contributed by atoms with van der Waals surface area (Å²) in [5.41, 5.74) is 8.03. The van der Waals surface area contributed by atoms with E-state index in [1.807, 2.05) is 6.07 Å². The van der Waals surface area contributed by atoms with Gasteiger partial charge in [-0.1, -0.05) is 19.9 Å². The first-order chi connectivity index (χ1) is 9.91. The molecule has 1 unspecified atom stereocenters. The Morgan fingerprint density at radius 1 is 1.38 bits per heavy atom. The van der Waals surface area contributed by atoms with Crippen LogP contribution in [0.3, 0.4) is 0 Å². The minimum atomic E-state index is -0.937. The van der Waals surface area contributed by atoms with Gasteiger partial charge < -0.3 is 15.6 Å². The average molecular weight is 311 g/mol. The minimum Gasteiger partial charge on any atom is -0.493 e. The molecule has 0 aromatic heterocycles. The van der Waals surface area contributed by atoms with Gasteiger partial charge >= 0.3 is 5.97 Å². The van der Waals surface area contributed by atoms with Crippen molar-refractivity contribution in [3.05, 3.63) is 29.3 Å². The SMILES string of the molecule is Cc1cc(OCCSCCC(N)C(=O)O)ccc1C(C)C. The summed E-state index contributed by atoms with van der Waals surface area (Å²) in [6.07, 6.45) is 0.488. The van der Waals surface area contributed by atoms with Gasteiger partial charge in [-0.15, -0.1) is 0 Å². The Balaban J connectivity index is 2.24. The molecule has 0 bridgehead atoms. The zero-order valence-electron chi connectivity index (χ0n) is 13.0. The summed E-state index contributed by atoms with van der Waals surface area (Å²) in [7, 11) is 0. The van der Waals surface area contributed by atoms with Gasteiger partial charge in [0.1, 0.15) is 11.8 Å². The number of benzene rings is 1. The molecule has 0 amide bonds. The first-order valence-electron chi connectivity index (χ1n) is 7.21. The van der Waals surface area contributed by atoms with Crippen LogP contribution in [0.15, 0.2) is 18.2 Å². The molecule has 3 N–H and O–H groups in total. The minimum absolute atomic E-state index is 0.488. The van der Waals surface area contributed by atoms with Crippen LogP contribution in [0.5, 0.6) is 5.75 Å². The van der Waals surface area contributed by atoms with Crippen LogP contribution < -0.4 is 10.5 Å². The molecule has 4 nitrogen and oxygen atoms in total. The monoisotopic (exact) mass is 311 g/mol. The van der Waals surface area contributed by atoms with E-state index in [4.69, 9.17) is 15.6 Å². The molecule has 0 aliphatic rings. The second kappa shape index (κ2) is 8.95. The molecule has 21 heavy (non-hydrogen) atoms. The van der Waals surface area contributed by atoms with E-state index >= 15 is 0 Å². The Morgan fingerprint density at radius 2 is 2.10 bits per heavy atom. The lowest BCUT2D eigenvalue weighted by molar-refractivity contribution is -0.138. The van der Waals surface area contributed by atoms with Crippen LogP contribution in [-0.2, 0) is 4.79 Å². The summed E-state index contributed by atoms with van der Waals surface area (Å²) in [5.74, 6) is 2.04. The third-order valence-corrected chi connectivity index (χ3v) is 4.23. The van der Waals surface area contributed by atoms with E-state index in [-0.39, 0.29) is 0 Å². The molecule has 5 heteroatoms. The quantitative estimate of drug-likeness (QED) is 0.686. The summed E-state index contributed by atoms with van der Waals surface area (Å²) in [5, 5.41) is 8.66. The fraction of sp³-hybridized carbons (Fsp3) is 0.562. The number of carbonyl (C=O) groups is 1. The van der Waals surface area contributed by atoms with E-state index in [9.17, 15) is 4.79 Å². The number of carboxylic acids is 1. The van der Waals surface area contributed by atoms with Gasteiger partial charge in [-0.2, -0.15) is 11.8 Å². The highest BCUT2D eigenvalue weighted by Gasteiger charge is 2.10. The molecule has 0 heterocycles. The maximum Gasteiger partial charge on any atom is 0.320 e. The van der Waals surface area contributed by atoms with E-state index in [1.165, 1.54) is 11.1 Å². The first kappa shape index (κ1) is 17.9. The molecule has 0 saturated carbocycles. The predicted octanol–water partition coefficient (Wildman–Crippen LogP) is 3.03. The molecule has 1 aromatic carbocycles. The Bertz CT molecular complexity index is 463. The zero-order chi connectivity index (χ0) is 15.8. The standard InChI is InChI=1S/C16H25NO3S/c1-11(2)14-5-4-13(10-12(14)3)20-7-9-21-8-6-15(17)16(18)19/h4-5,10-11,15H,6-9,17H2,1-3H3,(H,18,19). The maximum atomic E-state index is 10.6. The summed E-state index contributed by atoms with van der Waals surface area (Å²) in [4.78, 5) is 10.6. The third kappa shape index (κ3) is 6.40. The number of hydrogen-bond donors (Lipinski definition) is 2. The molecule has 0 aliphatic heterocycles. The van der Waals surface area contributed by atoms with Gasteiger partial charge in [-0.05, 0) is 48.3 Å². The molecule has 0 radical (unpaired) electrons. The number of rotatable bonds is 9. The van der Waals surface area contributed by atoms with Gasteiger partial charge in [0.05, 0.1) is 6.61 Å². The molecular formula is C16H25NO3S. The van der Waals surface area contributed by atoms with Crippen molar-refractivity contribution >= 4 is 17.7 Å². The molecular weight excluding hydrogens is 286 g/mol. The molecule has 0 spiro atoms. The lowest BCUT2D eigenvalue weighted by Gasteiger charge is -2.12. The van der Waals surface area contributed by atoms with Gasteiger partial charge in [-0.3, -0.25) is 4.79 Å². The highest BCUT2D eigenvalue weighted by molar-refractivity contribution is 7.99. The van der Waals surface area contributed by atoms with Crippen molar-refractivity contribution in [1.29, 1.82) is 0 Å². The van der Waals surface area contributed by atoms with E-state index in [2.05, 4.69) is 32.9 Å². The summed E-state index contributed by atoms with van der Waals surface area (Å²) in [6, 6.07) is 5.44. The Kier molecular flexibility index (Phi) is 7.61. The second-order valence-corrected chi connectivity index (χ2v) is 6.59. The van der Waals surface area contributed by atoms with Crippen LogP contribution in [0.2, 0.25) is 0 Å². The Labute approximate surface area is 131 Å². The van der Waals surface area contributed by atoms with Crippen molar-refractivity contribution in [2.75, 3.05) is 18.1 Å². The van der Waals surface area contributed by atoms with E-state index < -0.39 is 12.0 Å². The van der Waals surface area contributed by atoms with Gasteiger partial charge in [0.2, 0.25) is 0 Å². The van der Waals surface area contributed by atoms with Gasteiger partial charge in [0, 0.05) is 5.75 Å². The van der Waals surface area contributed by atoms with Crippen LogP contribution >= 0.6 is 11.8 Å². The molecule has 0 fully saturated rings. The smallest absolute Gasteiger partial charge is 0.320 e. The first-order valence-corrected chi connectivity index (χ1v) is 8.36. The van der Waals surface area contributed by atoms with Crippen LogP contribution in [0, 0.1) is 6.92 Å². The lowest BCUT2D eigenvalue weighted by Crippen LogP contribution is -2.30. The topological polar surface area (TPSA) is 72.5 Å². The average Bonchev–Trinajstić information content (AvgIpc) is 2.41. The van der Waals surface area contributed by atoms with Crippen LogP contribution in [0.25, 0.3) is 0 Å². The molecule has 0 aliphatic carbocycles. The molecule has 1 atom stereocenters. The van der Waals surface area contributed by atoms with E-state index in [0.717, 1.165) is 17.3 Å². The summed E-state index contributed by atoms with van der Waals surface area (Å²) in [6.45, 7) is 7.08. The number of thioether (sulfide) groups is 1. The van der Waals surface area contributed by atoms with Crippen molar-refractivity contribution in [3.63, 3.8) is 0 Å². The summed E-state index contributed by atoms with van der Waals surface area (Å²) < 4.78 is 5.71. The second-order valence-electron chi connectivity index (χ2n) is 5.37. The van der Waals surface area contributed by atoms with Crippen molar-refractivity contribution in [2.24, 2.45) is 5.73 Å². The third-order valence-electron chi connectivity index (χ3n) is 3.25. The number of aliphatic carboxylic acids is 1. The Hall–Kier alpha value is -1.20. The molecule has 1 rings (SSSR count). The van der Waals surface area contributed by atoms with Crippen LogP contribution in [-0.4, -0.2) is 35.2 Å². The van der Waals surface area contributed by atoms with Gasteiger partial charge in [0.15, 0.2) is 0 Å². The molecule has 0 saturated heterocycles. The van der Waals surface area contributed by atoms with E-state index in [0.29, 0.717) is 18.9 Å². The van der Waals surface area contributed by atoms with Crippen molar-refractivity contribution in [3.8, 4) is 5.75 Å². The van der Waals surface area contributed by atoms with Gasteiger partial charge in [0.25, 0.3) is 0 Å². The van der Waals surface area contributed by atoms with Crippen molar-refractivity contribution < 1.29 is 14.6 Å². The highest BCUT2D eigenvalue weighted by atomic mass is 32.2. The maximum absolute atomic E-state index is 10.6. The van der Waals surface area contributed by atoms with Crippen molar-refractivity contribution in [1.82, 2.24) is 0 Å². The fourth-order valence-corrected chi connectivity index (χ4v) is 2.87. The lowest BCUT2D eigenvalue weighted by atomic mass is 9.98. The normalized spacial score (nSPS) is 12.4. The van der Waals surface area contributed by atoms with Crippen LogP contribution in [0.1, 0.15) is 37.3 Å². The van der Waals surface area contributed by atoms with Crippen molar-refractivity contribution in [2.45, 2.75) is 39.2 Å². The largest absolute Gasteiger partial charge is 0.493 e. The number of carboxylic acid groups (broad SMARTS) is 1. The number of nitrogens with two attached hydrogens (primary N) is 1. The highest BCUT2D eigenvalue weighted by Crippen LogP contribution is 2.23. The molecule has 1 aromatic rings. The van der Waals surface area contributed by atoms with Crippen LogP contribution in [0.4, 0.5) is 0 Å². The number of ether oxygens (including phenoxy) is 1. The van der Waals surface area contributed by atoms with Gasteiger partial charge in [-0.25, -0.2) is 0 Å². The van der Waals surface area contributed by atoms with E-state index in [1.54, 1.807) is 11.8 Å². The Morgan fingerprint density at radius 3 is 2.67 bits per heavy atom. The summed E-state index contributed by atoms with van der Waals surface area (Å²) >= 11 is 1.66. The number of hydrogen-bond acceptors (Lipinski definition) is 4. The fourth-order valence-electron chi connectivity index (χ4n) is 2.04. The predicted molar refractivity (Wildman–Crippen MR) is 88.3 cm³/mol. The molecule has 118 valence electrons. The number of aryl methyl sites for hydroxylation is 1.